The largest absolute Gasteiger partial charge is 0.469 e. The summed E-state index contributed by atoms with van der Waals surface area (Å²) in [6.45, 7) is 5.03. The van der Waals surface area contributed by atoms with Crippen LogP contribution in [0.3, 0.4) is 0 Å². The van der Waals surface area contributed by atoms with Crippen LogP contribution in [-0.4, -0.2) is 36.5 Å². The van der Waals surface area contributed by atoms with Gasteiger partial charge >= 0.3 is 5.97 Å². The Hall–Kier alpha value is -2.56. The first-order chi connectivity index (χ1) is 13.6. The van der Waals surface area contributed by atoms with E-state index in [1.54, 1.807) is 17.9 Å². The van der Waals surface area contributed by atoms with Crippen LogP contribution in [-0.2, 0) is 16.0 Å². The highest BCUT2D eigenvalue weighted by molar-refractivity contribution is 5.95. The van der Waals surface area contributed by atoms with Crippen LogP contribution >= 0.6 is 0 Å². The van der Waals surface area contributed by atoms with Gasteiger partial charge in [0.2, 0.25) is 0 Å². The smallest absolute Gasteiger partial charge is 0.313 e. The molecule has 28 heavy (non-hydrogen) atoms. The van der Waals surface area contributed by atoms with E-state index in [1.165, 1.54) is 11.8 Å². The highest BCUT2D eigenvalue weighted by atomic mass is 16.5. The Morgan fingerprint density at radius 2 is 2.00 bits per heavy atom. The number of hydrogen-bond acceptors (Lipinski definition) is 4. The number of likely N-dealkylation sites (tertiary alicyclic amines) is 1. The fraction of sp³-hybridized carbons (Fsp3) is 0.478. The fourth-order valence-corrected chi connectivity index (χ4v) is 4.11. The van der Waals surface area contributed by atoms with Gasteiger partial charge in [-0.2, -0.15) is 0 Å². The number of nitrogens with zero attached hydrogens (tertiary/aromatic N) is 1. The van der Waals surface area contributed by atoms with Gasteiger partial charge in [-0.25, -0.2) is 0 Å². The lowest BCUT2D eigenvalue weighted by Gasteiger charge is -2.41. The Labute approximate surface area is 166 Å². The van der Waals surface area contributed by atoms with Gasteiger partial charge in [-0.15, -0.1) is 0 Å². The van der Waals surface area contributed by atoms with Crippen LogP contribution in [0.1, 0.15) is 54.3 Å². The molecule has 0 spiro atoms. The van der Waals surface area contributed by atoms with Crippen molar-refractivity contribution in [3.63, 3.8) is 0 Å². The standard InChI is InChI=1S/C23H29NO4/c1-3-27-22(26)23(13-7-11-19-9-5-4-6-10-19)14-8-15-24(17-23)21(25)20-12-16-28-18(20)2/h4-6,9-10,12,16H,3,7-8,11,13-15,17H2,1-2H3/t23-/m1/s1. The van der Waals surface area contributed by atoms with Crippen molar-refractivity contribution < 1.29 is 18.7 Å². The maximum Gasteiger partial charge on any atom is 0.313 e. The molecule has 1 aromatic carbocycles. The minimum absolute atomic E-state index is 0.0670. The highest BCUT2D eigenvalue weighted by Gasteiger charge is 2.44. The maximum absolute atomic E-state index is 13.0. The van der Waals surface area contributed by atoms with Crippen molar-refractivity contribution in [1.29, 1.82) is 0 Å². The molecular formula is C23H29NO4. The second kappa shape index (κ2) is 9.09. The molecule has 2 heterocycles. The molecule has 1 amide bonds. The monoisotopic (exact) mass is 383 g/mol. The predicted molar refractivity (Wildman–Crippen MR) is 107 cm³/mol. The zero-order chi connectivity index (χ0) is 20.0. The molecule has 150 valence electrons. The Kier molecular flexibility index (Phi) is 6.55. The second-order valence-electron chi connectivity index (χ2n) is 7.56. The van der Waals surface area contributed by atoms with Crippen molar-refractivity contribution in [3.8, 4) is 0 Å². The Balaban J connectivity index is 1.73. The van der Waals surface area contributed by atoms with Crippen molar-refractivity contribution in [1.82, 2.24) is 4.90 Å². The van der Waals surface area contributed by atoms with E-state index in [9.17, 15) is 9.59 Å². The first-order valence-corrected chi connectivity index (χ1v) is 10.1. The van der Waals surface area contributed by atoms with E-state index < -0.39 is 5.41 Å². The summed E-state index contributed by atoms with van der Waals surface area (Å²) in [4.78, 5) is 27.7. The molecular weight excluding hydrogens is 354 g/mol. The molecule has 1 aliphatic rings. The van der Waals surface area contributed by atoms with Crippen LogP contribution < -0.4 is 0 Å². The zero-order valence-corrected chi connectivity index (χ0v) is 16.8. The molecule has 1 saturated heterocycles. The van der Waals surface area contributed by atoms with Gasteiger partial charge in [0, 0.05) is 13.1 Å². The summed E-state index contributed by atoms with van der Waals surface area (Å²) in [7, 11) is 0. The van der Waals surface area contributed by atoms with Gasteiger partial charge in [-0.3, -0.25) is 9.59 Å². The average Bonchev–Trinajstić information content (AvgIpc) is 3.14. The molecule has 0 N–H and O–H groups in total. The lowest BCUT2D eigenvalue weighted by Crippen LogP contribution is -2.50. The van der Waals surface area contributed by atoms with Gasteiger partial charge in [0.1, 0.15) is 5.76 Å². The van der Waals surface area contributed by atoms with Gasteiger partial charge in [-0.1, -0.05) is 30.3 Å². The Morgan fingerprint density at radius 3 is 2.68 bits per heavy atom. The third kappa shape index (κ3) is 4.46. The lowest BCUT2D eigenvalue weighted by atomic mass is 9.75. The number of carbonyl (C=O) groups excluding carboxylic acids is 2. The van der Waals surface area contributed by atoms with Crippen molar-refractivity contribution in [2.75, 3.05) is 19.7 Å². The number of esters is 1. The van der Waals surface area contributed by atoms with Crippen molar-refractivity contribution in [2.45, 2.75) is 46.0 Å². The summed E-state index contributed by atoms with van der Waals surface area (Å²) in [6, 6.07) is 12.0. The third-order valence-corrected chi connectivity index (χ3v) is 5.63. The summed E-state index contributed by atoms with van der Waals surface area (Å²) in [5.41, 5.74) is 1.21. The quantitative estimate of drug-likeness (QED) is 0.665. The second-order valence-corrected chi connectivity index (χ2v) is 7.56. The minimum atomic E-state index is -0.629. The number of ether oxygens (including phenoxy) is 1. The molecule has 5 nitrogen and oxygen atoms in total. The van der Waals surface area contributed by atoms with Crippen LogP contribution in [0.4, 0.5) is 0 Å². The van der Waals surface area contributed by atoms with Crippen LogP contribution in [0, 0.1) is 12.3 Å². The van der Waals surface area contributed by atoms with Crippen molar-refractivity contribution >= 4 is 11.9 Å². The number of hydrogen-bond donors (Lipinski definition) is 0. The molecule has 3 rings (SSSR count). The zero-order valence-electron chi connectivity index (χ0n) is 16.8. The van der Waals surface area contributed by atoms with Crippen LogP contribution in [0.15, 0.2) is 47.1 Å². The van der Waals surface area contributed by atoms with E-state index >= 15 is 0 Å². The molecule has 0 unspecified atom stereocenters. The Bertz CT molecular complexity index is 798. The Morgan fingerprint density at radius 1 is 1.21 bits per heavy atom. The van der Waals surface area contributed by atoms with E-state index in [0.29, 0.717) is 31.0 Å². The number of rotatable bonds is 7. The van der Waals surface area contributed by atoms with Crippen molar-refractivity contribution in [2.24, 2.45) is 5.41 Å². The van der Waals surface area contributed by atoms with E-state index in [4.69, 9.17) is 9.15 Å². The van der Waals surface area contributed by atoms with Crippen molar-refractivity contribution in [3.05, 3.63) is 59.5 Å². The summed E-state index contributed by atoms with van der Waals surface area (Å²) in [6.07, 6.45) is 5.60. The van der Waals surface area contributed by atoms with E-state index in [2.05, 4.69) is 12.1 Å². The van der Waals surface area contributed by atoms with Gasteiger partial charge in [0.15, 0.2) is 0 Å². The summed E-state index contributed by atoms with van der Waals surface area (Å²) in [5, 5.41) is 0. The highest BCUT2D eigenvalue weighted by Crippen LogP contribution is 2.37. The number of furan rings is 1. The molecule has 0 saturated carbocycles. The molecule has 1 aromatic heterocycles. The molecule has 1 atom stereocenters. The van der Waals surface area contributed by atoms with Crippen LogP contribution in [0.5, 0.6) is 0 Å². The van der Waals surface area contributed by atoms with Crippen LogP contribution in [0.2, 0.25) is 0 Å². The maximum atomic E-state index is 13.0. The van der Waals surface area contributed by atoms with Gasteiger partial charge in [-0.05, 0) is 57.6 Å². The summed E-state index contributed by atoms with van der Waals surface area (Å²) < 4.78 is 10.7. The van der Waals surface area contributed by atoms with Crippen LogP contribution in [0.25, 0.3) is 0 Å². The van der Waals surface area contributed by atoms with E-state index in [1.807, 2.05) is 25.1 Å². The normalized spacial score (nSPS) is 19.4. The van der Waals surface area contributed by atoms with E-state index in [-0.39, 0.29) is 11.9 Å². The third-order valence-electron chi connectivity index (χ3n) is 5.63. The molecule has 1 aliphatic heterocycles. The number of aryl methyl sites for hydroxylation is 2. The summed E-state index contributed by atoms with van der Waals surface area (Å²) >= 11 is 0. The first-order valence-electron chi connectivity index (χ1n) is 10.1. The average molecular weight is 383 g/mol. The SMILES string of the molecule is CCOC(=O)[C@]1(CCCc2ccccc2)CCCN(C(=O)c2ccoc2C)C1. The molecule has 0 bridgehead atoms. The molecule has 5 heteroatoms. The van der Waals surface area contributed by atoms with Gasteiger partial charge in [0.25, 0.3) is 5.91 Å². The van der Waals surface area contributed by atoms with Gasteiger partial charge < -0.3 is 14.1 Å². The van der Waals surface area contributed by atoms with Gasteiger partial charge in [0.05, 0.1) is 23.8 Å². The number of carbonyl (C=O) groups is 2. The number of amides is 1. The topological polar surface area (TPSA) is 59.8 Å². The number of piperidine rings is 1. The first kappa shape index (κ1) is 20.2. The molecule has 0 aliphatic carbocycles. The predicted octanol–water partition coefficient (Wildman–Crippen LogP) is 4.40. The summed E-state index contributed by atoms with van der Waals surface area (Å²) in [5.74, 6) is 0.369. The fourth-order valence-electron chi connectivity index (χ4n) is 4.11. The lowest BCUT2D eigenvalue weighted by molar-refractivity contribution is -0.159. The molecule has 0 radical (unpaired) electrons. The minimum Gasteiger partial charge on any atom is -0.469 e. The molecule has 1 fully saturated rings. The molecule has 2 aromatic rings. The van der Waals surface area contributed by atoms with E-state index in [0.717, 1.165) is 32.1 Å². The number of benzene rings is 1.